The topological polar surface area (TPSA) is 98.1 Å². The summed E-state index contributed by atoms with van der Waals surface area (Å²) in [6.07, 6.45) is 0.367. The molecule has 6 nitrogen and oxygen atoms in total. The number of nitrogens with zero attached hydrogens (tertiary/aromatic N) is 3. The Kier molecular flexibility index (Phi) is 1.98. The Bertz CT molecular complexity index is 211. The number of aliphatic carboxylic acids is 1. The summed E-state index contributed by atoms with van der Waals surface area (Å²) in [6.45, 7) is 0.817. The van der Waals surface area contributed by atoms with Crippen molar-refractivity contribution in [3.05, 3.63) is 10.4 Å². The molecular weight excluding hydrogens is 148 g/mol. The molecule has 0 spiro atoms. The summed E-state index contributed by atoms with van der Waals surface area (Å²) in [4.78, 5) is 13.1. The first-order valence-corrected chi connectivity index (χ1v) is 3.22. The van der Waals surface area contributed by atoms with Gasteiger partial charge in [-0.2, -0.15) is 0 Å². The average Bonchev–Trinajstić information content (AvgIpc) is 2.38. The van der Waals surface area contributed by atoms with Crippen molar-refractivity contribution in [1.29, 1.82) is 0 Å². The monoisotopic (exact) mass is 156 g/mol. The van der Waals surface area contributed by atoms with Crippen molar-refractivity contribution in [1.82, 2.24) is 5.32 Å². The van der Waals surface area contributed by atoms with E-state index in [4.69, 9.17) is 10.6 Å². The largest absolute Gasteiger partial charge is 0.481 e. The van der Waals surface area contributed by atoms with Crippen LogP contribution in [0.4, 0.5) is 0 Å². The maximum absolute atomic E-state index is 10.6. The zero-order valence-electron chi connectivity index (χ0n) is 5.82. The highest BCUT2D eigenvalue weighted by molar-refractivity contribution is 5.79. The van der Waals surface area contributed by atoms with Crippen LogP contribution in [0.15, 0.2) is 5.11 Å². The molecule has 1 heterocycles. The van der Waals surface area contributed by atoms with Crippen molar-refractivity contribution >= 4 is 5.97 Å². The van der Waals surface area contributed by atoms with Gasteiger partial charge in [-0.05, 0) is 18.5 Å². The van der Waals surface area contributed by atoms with E-state index in [1.54, 1.807) is 0 Å². The highest BCUT2D eigenvalue weighted by Crippen LogP contribution is 2.19. The molecular formula is C5H8N4O2. The van der Waals surface area contributed by atoms with E-state index in [1.165, 1.54) is 0 Å². The molecule has 1 rings (SSSR count). The number of rotatable bonds is 2. The number of hydrogen-bond donors (Lipinski definition) is 2. The Morgan fingerprint density at radius 3 is 2.91 bits per heavy atom. The molecule has 0 amide bonds. The zero-order valence-corrected chi connectivity index (χ0v) is 5.82. The molecule has 0 aliphatic carbocycles. The third-order valence-corrected chi connectivity index (χ3v) is 1.77. The van der Waals surface area contributed by atoms with Crippen LogP contribution in [0.25, 0.3) is 10.4 Å². The highest BCUT2D eigenvalue weighted by atomic mass is 16.4. The van der Waals surface area contributed by atoms with Gasteiger partial charge in [0, 0.05) is 11.5 Å². The van der Waals surface area contributed by atoms with Crippen molar-refractivity contribution in [2.75, 3.05) is 13.1 Å². The maximum Gasteiger partial charge on any atom is 0.316 e. The van der Waals surface area contributed by atoms with Crippen molar-refractivity contribution in [2.24, 2.45) is 5.11 Å². The second-order valence-electron chi connectivity index (χ2n) is 2.45. The van der Waals surface area contributed by atoms with Gasteiger partial charge in [-0.25, -0.2) is 0 Å². The van der Waals surface area contributed by atoms with Crippen LogP contribution in [-0.4, -0.2) is 29.7 Å². The molecule has 1 atom stereocenters. The molecule has 0 bridgehead atoms. The summed E-state index contributed by atoms with van der Waals surface area (Å²) in [5.74, 6) is -1.06. The van der Waals surface area contributed by atoms with E-state index in [-0.39, 0.29) is 6.54 Å². The predicted octanol–water partition coefficient (Wildman–Crippen LogP) is 0.113. The molecule has 1 saturated heterocycles. The summed E-state index contributed by atoms with van der Waals surface area (Å²) >= 11 is 0. The Hall–Kier alpha value is -1.26. The van der Waals surface area contributed by atoms with Gasteiger partial charge in [0.05, 0.1) is 0 Å². The second kappa shape index (κ2) is 2.77. The smallest absolute Gasteiger partial charge is 0.316 e. The van der Waals surface area contributed by atoms with Gasteiger partial charge in [0.2, 0.25) is 0 Å². The number of hydrogen-bond acceptors (Lipinski definition) is 3. The van der Waals surface area contributed by atoms with Gasteiger partial charge in [-0.1, -0.05) is 5.11 Å². The minimum absolute atomic E-state index is 0.229. The van der Waals surface area contributed by atoms with Gasteiger partial charge >= 0.3 is 5.97 Å². The van der Waals surface area contributed by atoms with Gasteiger partial charge in [-0.3, -0.25) is 4.79 Å². The van der Waals surface area contributed by atoms with E-state index in [9.17, 15) is 4.79 Å². The zero-order chi connectivity index (χ0) is 8.32. The first kappa shape index (κ1) is 7.84. The van der Waals surface area contributed by atoms with Gasteiger partial charge in [0.15, 0.2) is 5.54 Å². The fourth-order valence-electron chi connectivity index (χ4n) is 1.08. The fourth-order valence-corrected chi connectivity index (χ4v) is 1.08. The molecule has 60 valence electrons. The Morgan fingerprint density at radius 2 is 2.55 bits per heavy atom. The molecule has 0 aromatic heterocycles. The summed E-state index contributed by atoms with van der Waals surface area (Å²) in [5, 5.41) is 14.8. The maximum atomic E-state index is 10.6. The molecule has 6 heteroatoms. The number of carboxylic acid groups (broad SMARTS) is 1. The quantitative estimate of drug-likeness (QED) is 0.337. The van der Waals surface area contributed by atoms with E-state index in [0.717, 1.165) is 0 Å². The number of carboxylic acids is 1. The molecule has 1 aliphatic rings. The molecule has 0 saturated carbocycles. The third-order valence-electron chi connectivity index (χ3n) is 1.77. The SMILES string of the molecule is [N-]=[N+]=NC1(C(=O)O)CCNC1. The standard InChI is InChI=1S/C5H8N4O2/c6-9-8-5(4(10)11)1-2-7-3-5/h7H,1-3H2,(H,10,11). The van der Waals surface area contributed by atoms with Crippen LogP contribution in [0.3, 0.4) is 0 Å². The molecule has 0 radical (unpaired) electrons. The summed E-state index contributed by atoms with van der Waals surface area (Å²) in [7, 11) is 0. The van der Waals surface area contributed by atoms with E-state index in [0.29, 0.717) is 13.0 Å². The molecule has 0 aromatic carbocycles. The van der Waals surface area contributed by atoms with Crippen molar-refractivity contribution in [3.63, 3.8) is 0 Å². The second-order valence-corrected chi connectivity index (χ2v) is 2.45. The summed E-state index contributed by atoms with van der Waals surface area (Å²) in [5.41, 5.74) is 6.87. The van der Waals surface area contributed by atoms with Crippen LogP contribution < -0.4 is 5.32 Å². The molecule has 1 unspecified atom stereocenters. The Balaban J connectivity index is 2.87. The van der Waals surface area contributed by atoms with E-state index in [1.807, 2.05) is 0 Å². The van der Waals surface area contributed by atoms with Crippen molar-refractivity contribution < 1.29 is 9.90 Å². The number of nitrogens with one attached hydrogen (secondary N) is 1. The Morgan fingerprint density at radius 1 is 1.82 bits per heavy atom. The van der Waals surface area contributed by atoms with Gasteiger partial charge in [0.1, 0.15) is 0 Å². The van der Waals surface area contributed by atoms with Crippen molar-refractivity contribution in [3.8, 4) is 0 Å². The molecule has 1 fully saturated rings. The minimum Gasteiger partial charge on any atom is -0.481 e. The lowest BCUT2D eigenvalue weighted by molar-refractivity contribution is -0.142. The third kappa shape index (κ3) is 1.26. The van der Waals surface area contributed by atoms with Crippen LogP contribution in [-0.2, 0) is 4.79 Å². The molecule has 1 aliphatic heterocycles. The first-order valence-electron chi connectivity index (χ1n) is 3.22. The average molecular weight is 156 g/mol. The molecule has 2 N–H and O–H groups in total. The summed E-state index contributed by atoms with van der Waals surface area (Å²) in [6, 6.07) is 0. The number of azide groups is 1. The van der Waals surface area contributed by atoms with Gasteiger partial charge in [-0.15, -0.1) is 0 Å². The molecule has 11 heavy (non-hydrogen) atoms. The Labute approximate surface area is 62.8 Å². The van der Waals surface area contributed by atoms with Crippen LogP contribution in [0.1, 0.15) is 6.42 Å². The lowest BCUT2D eigenvalue weighted by Crippen LogP contribution is -2.38. The fraction of sp³-hybridized carbons (Fsp3) is 0.800. The van der Waals surface area contributed by atoms with Crippen LogP contribution in [0.5, 0.6) is 0 Å². The normalized spacial score (nSPS) is 29.5. The summed E-state index contributed by atoms with van der Waals surface area (Å²) < 4.78 is 0. The van der Waals surface area contributed by atoms with Gasteiger partial charge in [0.25, 0.3) is 0 Å². The molecule has 0 aromatic rings. The predicted molar refractivity (Wildman–Crippen MR) is 37.0 cm³/mol. The van der Waals surface area contributed by atoms with E-state index >= 15 is 0 Å². The van der Waals surface area contributed by atoms with Crippen molar-refractivity contribution in [2.45, 2.75) is 12.0 Å². The highest BCUT2D eigenvalue weighted by Gasteiger charge is 2.40. The number of carbonyl (C=O) groups is 1. The first-order chi connectivity index (χ1) is 5.21. The minimum atomic E-state index is -1.24. The van der Waals surface area contributed by atoms with Gasteiger partial charge < -0.3 is 10.4 Å². The lowest BCUT2D eigenvalue weighted by atomic mass is 10.0. The van der Waals surface area contributed by atoms with E-state index in [2.05, 4.69) is 15.3 Å². The van der Waals surface area contributed by atoms with Crippen LogP contribution in [0, 0.1) is 0 Å². The van der Waals surface area contributed by atoms with E-state index < -0.39 is 11.5 Å². The lowest BCUT2D eigenvalue weighted by Gasteiger charge is -2.14. The van der Waals surface area contributed by atoms with Crippen LogP contribution >= 0.6 is 0 Å². The van der Waals surface area contributed by atoms with Crippen LogP contribution in [0.2, 0.25) is 0 Å².